The number of aromatic nitrogens is 5. The lowest BCUT2D eigenvalue weighted by Gasteiger charge is -2.11. The van der Waals surface area contributed by atoms with Crippen molar-refractivity contribution in [3.63, 3.8) is 0 Å². The Kier molecular flexibility index (Phi) is 4.81. The van der Waals surface area contributed by atoms with E-state index in [1.165, 1.54) is 11.6 Å². The number of aryl methyl sites for hydroxylation is 1. The van der Waals surface area contributed by atoms with Crippen molar-refractivity contribution in [1.29, 1.82) is 0 Å². The maximum absolute atomic E-state index is 13.0. The van der Waals surface area contributed by atoms with Crippen LogP contribution in [0.3, 0.4) is 0 Å². The van der Waals surface area contributed by atoms with Crippen LogP contribution in [-0.2, 0) is 14.1 Å². The van der Waals surface area contributed by atoms with Crippen molar-refractivity contribution in [2.45, 2.75) is 6.92 Å². The molecule has 5 rings (SSSR count). The van der Waals surface area contributed by atoms with Crippen LogP contribution >= 0.6 is 0 Å². The first kappa shape index (κ1) is 20.6. The number of nitrogens with zero attached hydrogens (tertiary/aromatic N) is 5. The molecule has 0 unspecified atom stereocenters. The summed E-state index contributed by atoms with van der Waals surface area (Å²) in [4.78, 5) is 30.2. The molecule has 0 atom stereocenters. The number of imidazole rings is 2. The molecule has 0 aliphatic rings. The predicted molar refractivity (Wildman–Crippen MR) is 126 cm³/mol. The molecular formula is C24H23N5O4. The van der Waals surface area contributed by atoms with Gasteiger partial charge < -0.3 is 9.47 Å². The van der Waals surface area contributed by atoms with E-state index in [0.29, 0.717) is 23.5 Å². The number of hydrogen-bond acceptors (Lipinski definition) is 5. The van der Waals surface area contributed by atoms with Gasteiger partial charge in [0, 0.05) is 31.5 Å². The summed E-state index contributed by atoms with van der Waals surface area (Å²) >= 11 is 0. The zero-order chi connectivity index (χ0) is 23.3. The Morgan fingerprint density at radius 1 is 0.909 bits per heavy atom. The van der Waals surface area contributed by atoms with Crippen LogP contribution in [0, 0.1) is 0 Å². The van der Waals surface area contributed by atoms with Crippen LogP contribution in [0.25, 0.3) is 33.9 Å². The average Bonchev–Trinajstić information content (AvgIpc) is 3.38. The van der Waals surface area contributed by atoms with Crippen LogP contribution in [0.5, 0.6) is 11.5 Å². The highest BCUT2D eigenvalue weighted by Gasteiger charge is 2.21. The van der Waals surface area contributed by atoms with Crippen molar-refractivity contribution in [2.75, 3.05) is 13.7 Å². The van der Waals surface area contributed by atoms with Gasteiger partial charge in [-0.1, -0.05) is 0 Å². The highest BCUT2D eigenvalue weighted by atomic mass is 16.5. The highest BCUT2D eigenvalue weighted by molar-refractivity contribution is 5.79. The quantitative estimate of drug-likeness (QED) is 0.415. The monoisotopic (exact) mass is 445 g/mol. The molecule has 3 heterocycles. The van der Waals surface area contributed by atoms with Crippen LogP contribution in [-0.4, -0.2) is 36.8 Å². The Balaban J connectivity index is 1.85. The molecule has 0 fully saturated rings. The molecule has 0 radical (unpaired) electrons. The van der Waals surface area contributed by atoms with E-state index >= 15 is 0 Å². The Bertz CT molecular complexity index is 1600. The minimum atomic E-state index is -0.420. The third-order valence-corrected chi connectivity index (χ3v) is 5.76. The van der Waals surface area contributed by atoms with Gasteiger partial charge in [0.15, 0.2) is 11.2 Å². The second-order valence-corrected chi connectivity index (χ2v) is 7.66. The van der Waals surface area contributed by atoms with Crippen LogP contribution in [0.1, 0.15) is 6.92 Å². The van der Waals surface area contributed by atoms with Gasteiger partial charge in [-0.25, -0.2) is 4.79 Å². The Morgan fingerprint density at radius 3 is 2.21 bits per heavy atom. The summed E-state index contributed by atoms with van der Waals surface area (Å²) in [6, 6.07) is 15.3. The molecule has 0 saturated carbocycles. The predicted octanol–water partition coefficient (Wildman–Crippen LogP) is 2.75. The molecule has 33 heavy (non-hydrogen) atoms. The Hall–Kier alpha value is -4.27. The van der Waals surface area contributed by atoms with Gasteiger partial charge in [0.25, 0.3) is 5.56 Å². The van der Waals surface area contributed by atoms with E-state index in [2.05, 4.69) is 0 Å². The van der Waals surface area contributed by atoms with Crippen LogP contribution in [0.4, 0.5) is 0 Å². The zero-order valence-corrected chi connectivity index (χ0v) is 18.8. The standard InChI is InChI=1S/C24H23N5O4/c1-5-33-18-10-6-15(7-11-18)19-14-28-20-21(26(2)24(31)27(3)22(20)30)25-23(28)29(19)16-8-12-17(32-4)13-9-16/h6-14H,5H2,1-4H3. The lowest BCUT2D eigenvalue weighted by Crippen LogP contribution is -2.37. The second-order valence-electron chi connectivity index (χ2n) is 7.66. The third kappa shape index (κ3) is 3.12. The SMILES string of the molecule is CCOc1ccc(-c2cn3c4c(=O)n(C)c(=O)n(C)c4nc3n2-c2ccc(OC)cc2)cc1. The van der Waals surface area contributed by atoms with E-state index in [1.807, 2.05) is 66.2 Å². The summed E-state index contributed by atoms with van der Waals surface area (Å²) in [5, 5.41) is 0. The van der Waals surface area contributed by atoms with E-state index in [0.717, 1.165) is 33.0 Å². The highest BCUT2D eigenvalue weighted by Crippen LogP contribution is 2.30. The molecule has 3 aromatic heterocycles. The van der Waals surface area contributed by atoms with E-state index in [9.17, 15) is 9.59 Å². The summed E-state index contributed by atoms with van der Waals surface area (Å²) in [6.07, 6.45) is 1.87. The number of methoxy groups -OCH3 is 1. The summed E-state index contributed by atoms with van der Waals surface area (Å²) in [6.45, 7) is 2.53. The van der Waals surface area contributed by atoms with Crippen molar-refractivity contribution < 1.29 is 9.47 Å². The Morgan fingerprint density at radius 2 is 1.58 bits per heavy atom. The normalized spacial score (nSPS) is 11.4. The molecule has 0 N–H and O–H groups in total. The van der Waals surface area contributed by atoms with Crippen molar-refractivity contribution in [1.82, 2.24) is 23.1 Å². The van der Waals surface area contributed by atoms with Crippen molar-refractivity contribution >= 4 is 16.9 Å². The fourth-order valence-corrected chi connectivity index (χ4v) is 4.05. The molecule has 9 nitrogen and oxygen atoms in total. The van der Waals surface area contributed by atoms with Gasteiger partial charge in [-0.3, -0.25) is 22.9 Å². The first-order valence-corrected chi connectivity index (χ1v) is 10.5. The first-order valence-electron chi connectivity index (χ1n) is 10.5. The molecule has 0 saturated heterocycles. The van der Waals surface area contributed by atoms with Gasteiger partial charge in [-0.05, 0) is 55.5 Å². The zero-order valence-electron chi connectivity index (χ0n) is 18.8. The van der Waals surface area contributed by atoms with E-state index in [1.54, 1.807) is 18.6 Å². The fraction of sp³-hybridized carbons (Fsp3) is 0.208. The number of hydrogen-bond donors (Lipinski definition) is 0. The van der Waals surface area contributed by atoms with Crippen LogP contribution in [0.2, 0.25) is 0 Å². The number of ether oxygens (including phenoxy) is 2. The Labute approximate surface area is 188 Å². The van der Waals surface area contributed by atoms with E-state index < -0.39 is 11.2 Å². The molecule has 0 amide bonds. The van der Waals surface area contributed by atoms with Gasteiger partial charge in [0.05, 0.1) is 19.4 Å². The minimum Gasteiger partial charge on any atom is -0.497 e. The number of fused-ring (bicyclic) bond motifs is 3. The molecule has 0 bridgehead atoms. The minimum absolute atomic E-state index is 0.332. The summed E-state index contributed by atoms with van der Waals surface area (Å²) < 4.78 is 17.1. The topological polar surface area (TPSA) is 84.7 Å². The molecule has 5 aromatic rings. The molecular weight excluding hydrogens is 422 g/mol. The van der Waals surface area contributed by atoms with E-state index in [-0.39, 0.29) is 0 Å². The number of benzene rings is 2. The molecule has 0 aliphatic heterocycles. The smallest absolute Gasteiger partial charge is 0.332 e. The summed E-state index contributed by atoms with van der Waals surface area (Å²) in [5.74, 6) is 2.04. The molecule has 9 heteroatoms. The summed E-state index contributed by atoms with van der Waals surface area (Å²) in [5.41, 5.74) is 2.46. The molecule has 2 aromatic carbocycles. The largest absolute Gasteiger partial charge is 0.497 e. The lowest BCUT2D eigenvalue weighted by molar-refractivity contribution is 0.340. The van der Waals surface area contributed by atoms with Crippen molar-refractivity contribution in [3.8, 4) is 28.4 Å². The first-order chi connectivity index (χ1) is 15.9. The van der Waals surface area contributed by atoms with Gasteiger partial charge >= 0.3 is 5.69 Å². The van der Waals surface area contributed by atoms with Gasteiger partial charge in [0.1, 0.15) is 11.5 Å². The maximum atomic E-state index is 13.0. The fourth-order valence-electron chi connectivity index (χ4n) is 4.05. The van der Waals surface area contributed by atoms with Gasteiger partial charge in [-0.2, -0.15) is 4.98 Å². The van der Waals surface area contributed by atoms with E-state index in [4.69, 9.17) is 14.5 Å². The summed E-state index contributed by atoms with van der Waals surface area (Å²) in [7, 11) is 4.70. The number of rotatable bonds is 5. The van der Waals surface area contributed by atoms with Gasteiger partial charge in [0.2, 0.25) is 5.78 Å². The van der Waals surface area contributed by atoms with Crippen LogP contribution in [0.15, 0.2) is 64.3 Å². The van der Waals surface area contributed by atoms with Crippen molar-refractivity contribution in [2.24, 2.45) is 14.1 Å². The molecule has 0 aliphatic carbocycles. The lowest BCUT2D eigenvalue weighted by atomic mass is 10.1. The molecule has 0 spiro atoms. The van der Waals surface area contributed by atoms with Gasteiger partial charge in [-0.15, -0.1) is 0 Å². The molecule has 168 valence electrons. The maximum Gasteiger partial charge on any atom is 0.332 e. The third-order valence-electron chi connectivity index (χ3n) is 5.76. The second kappa shape index (κ2) is 7.70. The van der Waals surface area contributed by atoms with Crippen LogP contribution < -0.4 is 20.7 Å². The average molecular weight is 445 g/mol. The van der Waals surface area contributed by atoms with Crippen molar-refractivity contribution in [3.05, 3.63) is 75.6 Å².